The van der Waals surface area contributed by atoms with Gasteiger partial charge in [-0.2, -0.15) is 0 Å². The van der Waals surface area contributed by atoms with Crippen molar-refractivity contribution < 1.29 is 0 Å². The number of aromatic nitrogens is 2. The third-order valence-corrected chi connectivity index (χ3v) is 3.58. The minimum Gasteiger partial charge on any atom is -0.344 e. The molecule has 1 fully saturated rings. The van der Waals surface area contributed by atoms with Crippen molar-refractivity contribution in [3.05, 3.63) is 3.95 Å². The minimum atomic E-state index is 0.601. The second-order valence-corrected chi connectivity index (χ2v) is 5.38. The molecular formula is C8H13N3S2. The fourth-order valence-corrected chi connectivity index (χ4v) is 2.90. The summed E-state index contributed by atoms with van der Waals surface area (Å²) in [5.41, 5.74) is 0. The Morgan fingerprint density at radius 1 is 1.62 bits per heavy atom. The summed E-state index contributed by atoms with van der Waals surface area (Å²) in [5.74, 6) is 0.771. The summed E-state index contributed by atoms with van der Waals surface area (Å²) in [7, 11) is 0. The van der Waals surface area contributed by atoms with E-state index in [2.05, 4.69) is 28.9 Å². The Kier molecular flexibility index (Phi) is 2.38. The largest absolute Gasteiger partial charge is 0.344 e. The van der Waals surface area contributed by atoms with Gasteiger partial charge in [-0.05, 0) is 31.5 Å². The van der Waals surface area contributed by atoms with E-state index in [1.54, 1.807) is 11.3 Å². The van der Waals surface area contributed by atoms with Crippen LogP contribution in [0.15, 0.2) is 0 Å². The van der Waals surface area contributed by atoms with Crippen molar-refractivity contribution >= 4 is 28.7 Å². The molecule has 2 unspecified atom stereocenters. The predicted octanol–water partition coefficient (Wildman–Crippen LogP) is 2.44. The van der Waals surface area contributed by atoms with Gasteiger partial charge in [0.1, 0.15) is 0 Å². The van der Waals surface area contributed by atoms with Crippen molar-refractivity contribution in [3.63, 3.8) is 0 Å². The summed E-state index contributed by atoms with van der Waals surface area (Å²) in [6, 6.07) is 0.601. The Morgan fingerprint density at radius 2 is 2.38 bits per heavy atom. The average molecular weight is 215 g/mol. The van der Waals surface area contributed by atoms with Gasteiger partial charge >= 0.3 is 0 Å². The van der Waals surface area contributed by atoms with Crippen LogP contribution in [-0.4, -0.2) is 22.8 Å². The van der Waals surface area contributed by atoms with Gasteiger partial charge in [0, 0.05) is 12.6 Å². The zero-order valence-corrected chi connectivity index (χ0v) is 9.41. The third-order valence-electron chi connectivity index (χ3n) is 2.46. The monoisotopic (exact) mass is 215 g/mol. The highest BCUT2D eigenvalue weighted by Crippen LogP contribution is 2.29. The Labute approximate surface area is 86.8 Å². The molecule has 0 bridgehead atoms. The molecule has 13 heavy (non-hydrogen) atoms. The first kappa shape index (κ1) is 9.15. The van der Waals surface area contributed by atoms with Gasteiger partial charge in [-0.3, -0.25) is 5.10 Å². The zero-order chi connectivity index (χ0) is 9.42. The number of hydrogen-bond acceptors (Lipinski definition) is 4. The van der Waals surface area contributed by atoms with Gasteiger partial charge in [0.05, 0.1) is 0 Å². The molecule has 0 aromatic carbocycles. The highest BCUT2D eigenvalue weighted by atomic mass is 32.1. The Hall–Kier alpha value is -0.420. The van der Waals surface area contributed by atoms with Gasteiger partial charge < -0.3 is 4.90 Å². The van der Waals surface area contributed by atoms with E-state index in [0.29, 0.717) is 6.04 Å². The molecule has 1 aliphatic rings. The van der Waals surface area contributed by atoms with Gasteiger partial charge in [-0.25, -0.2) is 0 Å². The molecule has 0 saturated carbocycles. The van der Waals surface area contributed by atoms with E-state index in [-0.39, 0.29) is 0 Å². The van der Waals surface area contributed by atoms with Gasteiger partial charge in [-0.15, -0.1) is 5.10 Å². The molecule has 1 saturated heterocycles. The Morgan fingerprint density at radius 3 is 2.85 bits per heavy atom. The molecule has 0 aliphatic carbocycles. The van der Waals surface area contributed by atoms with Gasteiger partial charge in [0.2, 0.25) is 5.13 Å². The number of nitrogens with zero attached hydrogens (tertiary/aromatic N) is 2. The number of aromatic amines is 1. The first-order valence-electron chi connectivity index (χ1n) is 4.49. The van der Waals surface area contributed by atoms with Crippen LogP contribution in [0, 0.1) is 9.87 Å². The maximum atomic E-state index is 5.01. The molecule has 3 nitrogen and oxygen atoms in total. The quantitative estimate of drug-likeness (QED) is 0.730. The van der Waals surface area contributed by atoms with Crippen LogP contribution in [0.25, 0.3) is 0 Å². The SMILES string of the molecule is CC1CC(C)N(c2n[nH]c(=S)s2)C1. The molecule has 2 atom stereocenters. The first-order chi connectivity index (χ1) is 6.16. The normalized spacial score (nSPS) is 28.3. The van der Waals surface area contributed by atoms with E-state index in [0.717, 1.165) is 21.5 Å². The lowest BCUT2D eigenvalue weighted by Gasteiger charge is -2.19. The van der Waals surface area contributed by atoms with E-state index in [4.69, 9.17) is 12.2 Å². The number of rotatable bonds is 1. The summed E-state index contributed by atoms with van der Waals surface area (Å²) >= 11 is 6.58. The maximum absolute atomic E-state index is 5.01. The number of hydrogen-bond donors (Lipinski definition) is 1. The predicted molar refractivity (Wildman–Crippen MR) is 57.9 cm³/mol. The molecule has 0 amide bonds. The summed E-state index contributed by atoms with van der Waals surface area (Å²) < 4.78 is 0.766. The van der Waals surface area contributed by atoms with E-state index in [9.17, 15) is 0 Å². The van der Waals surface area contributed by atoms with Crippen LogP contribution in [0.4, 0.5) is 5.13 Å². The van der Waals surface area contributed by atoms with E-state index < -0.39 is 0 Å². The molecule has 2 rings (SSSR count). The van der Waals surface area contributed by atoms with Crippen molar-refractivity contribution in [2.45, 2.75) is 26.3 Å². The Bertz CT molecular complexity index is 343. The van der Waals surface area contributed by atoms with Crippen molar-refractivity contribution in [1.29, 1.82) is 0 Å². The molecule has 1 aromatic heterocycles. The lowest BCUT2D eigenvalue weighted by Crippen LogP contribution is -2.26. The molecule has 1 aliphatic heterocycles. The molecule has 72 valence electrons. The van der Waals surface area contributed by atoms with Crippen LogP contribution < -0.4 is 4.90 Å². The molecular weight excluding hydrogens is 202 g/mol. The summed E-state index contributed by atoms with van der Waals surface area (Å²) in [6.45, 7) is 5.63. The van der Waals surface area contributed by atoms with E-state index in [1.807, 2.05) is 0 Å². The molecule has 1 N–H and O–H groups in total. The Balaban J connectivity index is 2.22. The lowest BCUT2D eigenvalue weighted by molar-refractivity contribution is 0.625. The molecule has 5 heteroatoms. The fourth-order valence-electron chi connectivity index (χ4n) is 1.91. The van der Waals surface area contributed by atoms with Crippen LogP contribution in [-0.2, 0) is 0 Å². The van der Waals surface area contributed by atoms with Gasteiger partial charge in [-0.1, -0.05) is 18.3 Å². The second kappa shape index (κ2) is 3.38. The minimum absolute atomic E-state index is 0.601. The smallest absolute Gasteiger partial charge is 0.207 e. The average Bonchev–Trinajstić information content (AvgIpc) is 2.58. The number of nitrogens with one attached hydrogen (secondary N) is 1. The summed E-state index contributed by atoms with van der Waals surface area (Å²) in [5, 5.41) is 8.06. The van der Waals surface area contributed by atoms with Crippen molar-refractivity contribution in [3.8, 4) is 0 Å². The highest BCUT2D eigenvalue weighted by molar-refractivity contribution is 7.73. The van der Waals surface area contributed by atoms with E-state index in [1.165, 1.54) is 6.42 Å². The van der Waals surface area contributed by atoms with Crippen LogP contribution in [0.1, 0.15) is 20.3 Å². The summed E-state index contributed by atoms with van der Waals surface area (Å²) in [6.07, 6.45) is 1.26. The topological polar surface area (TPSA) is 31.9 Å². The third kappa shape index (κ3) is 1.76. The van der Waals surface area contributed by atoms with Crippen molar-refractivity contribution in [1.82, 2.24) is 10.2 Å². The van der Waals surface area contributed by atoms with E-state index >= 15 is 0 Å². The van der Waals surface area contributed by atoms with Gasteiger partial charge in [0.25, 0.3) is 0 Å². The van der Waals surface area contributed by atoms with Crippen LogP contribution >= 0.6 is 23.6 Å². The number of anilines is 1. The molecule has 0 spiro atoms. The van der Waals surface area contributed by atoms with Crippen LogP contribution in [0.5, 0.6) is 0 Å². The van der Waals surface area contributed by atoms with Crippen LogP contribution in [0.3, 0.4) is 0 Å². The van der Waals surface area contributed by atoms with Crippen molar-refractivity contribution in [2.24, 2.45) is 5.92 Å². The molecule has 2 heterocycles. The highest BCUT2D eigenvalue weighted by Gasteiger charge is 2.27. The zero-order valence-electron chi connectivity index (χ0n) is 7.78. The van der Waals surface area contributed by atoms with Crippen LogP contribution in [0.2, 0.25) is 0 Å². The molecule has 0 radical (unpaired) electrons. The maximum Gasteiger partial charge on any atom is 0.207 e. The van der Waals surface area contributed by atoms with Crippen molar-refractivity contribution in [2.75, 3.05) is 11.4 Å². The van der Waals surface area contributed by atoms with Gasteiger partial charge in [0.15, 0.2) is 3.95 Å². The second-order valence-electron chi connectivity index (χ2n) is 3.74. The number of H-pyrrole nitrogens is 1. The lowest BCUT2D eigenvalue weighted by atomic mass is 10.1. The standard InChI is InChI=1S/C8H13N3S2/c1-5-3-6(2)11(4-5)7-9-10-8(12)13-7/h5-6H,3-4H2,1-2H3,(H,10,12). The molecule has 1 aromatic rings. The summed E-state index contributed by atoms with van der Waals surface area (Å²) in [4.78, 5) is 2.33. The first-order valence-corrected chi connectivity index (χ1v) is 5.71. The fraction of sp³-hybridized carbons (Fsp3) is 0.750.